The van der Waals surface area contributed by atoms with E-state index in [4.69, 9.17) is 11.6 Å². The number of rotatable bonds is 5. The zero-order chi connectivity index (χ0) is 13.7. The van der Waals surface area contributed by atoms with Gasteiger partial charge in [0.05, 0.1) is 0 Å². The van der Waals surface area contributed by atoms with Crippen molar-refractivity contribution in [2.75, 3.05) is 19.6 Å². The number of hydrogen-bond donors (Lipinski definition) is 1. The fraction of sp³-hybridized carbons (Fsp3) is 0.625. The summed E-state index contributed by atoms with van der Waals surface area (Å²) in [5.74, 6) is 0.843. The number of halogens is 1. The van der Waals surface area contributed by atoms with Crippen LogP contribution >= 0.6 is 11.6 Å². The van der Waals surface area contributed by atoms with Gasteiger partial charge in [-0.25, -0.2) is 0 Å². The van der Waals surface area contributed by atoms with Crippen molar-refractivity contribution in [3.05, 3.63) is 34.9 Å². The first-order chi connectivity index (χ1) is 9.15. The molecule has 106 valence electrons. The molecule has 0 spiro atoms. The Morgan fingerprint density at radius 2 is 1.84 bits per heavy atom. The van der Waals surface area contributed by atoms with Crippen LogP contribution in [0.5, 0.6) is 0 Å². The molecule has 1 N–H and O–H groups in total. The first kappa shape index (κ1) is 14.8. The Hall–Kier alpha value is -0.570. The lowest BCUT2D eigenvalue weighted by atomic mass is 9.97. The molecule has 0 saturated carbocycles. The third-order valence-corrected chi connectivity index (χ3v) is 4.23. The predicted octanol–water partition coefficient (Wildman–Crippen LogP) is 3.55. The fourth-order valence-electron chi connectivity index (χ4n) is 2.68. The molecule has 2 rings (SSSR count). The SMILES string of the molecule is CC(C)N(Cc1ccc(Cl)cc1)CC1CCNCC1. The van der Waals surface area contributed by atoms with Crippen molar-refractivity contribution in [2.45, 2.75) is 39.3 Å². The Balaban J connectivity index is 1.93. The van der Waals surface area contributed by atoms with E-state index in [0.717, 1.165) is 17.5 Å². The van der Waals surface area contributed by atoms with Crippen LogP contribution in [0.3, 0.4) is 0 Å². The van der Waals surface area contributed by atoms with Gasteiger partial charge in [0, 0.05) is 24.2 Å². The Morgan fingerprint density at radius 1 is 1.21 bits per heavy atom. The van der Waals surface area contributed by atoms with Gasteiger partial charge in [0.25, 0.3) is 0 Å². The van der Waals surface area contributed by atoms with Crippen LogP contribution in [0.1, 0.15) is 32.3 Å². The monoisotopic (exact) mass is 280 g/mol. The fourth-order valence-corrected chi connectivity index (χ4v) is 2.80. The van der Waals surface area contributed by atoms with E-state index in [0.29, 0.717) is 6.04 Å². The minimum absolute atomic E-state index is 0.588. The number of hydrogen-bond acceptors (Lipinski definition) is 2. The second-order valence-electron chi connectivity index (χ2n) is 5.84. The molecule has 1 saturated heterocycles. The number of piperidine rings is 1. The van der Waals surface area contributed by atoms with E-state index in [-0.39, 0.29) is 0 Å². The quantitative estimate of drug-likeness (QED) is 0.887. The molecule has 0 atom stereocenters. The average molecular weight is 281 g/mol. The van der Waals surface area contributed by atoms with Gasteiger partial charge in [0.2, 0.25) is 0 Å². The summed E-state index contributed by atoms with van der Waals surface area (Å²) < 4.78 is 0. The summed E-state index contributed by atoms with van der Waals surface area (Å²) in [5, 5.41) is 4.26. The number of benzene rings is 1. The second-order valence-corrected chi connectivity index (χ2v) is 6.28. The zero-order valence-corrected chi connectivity index (χ0v) is 12.8. The van der Waals surface area contributed by atoms with E-state index in [1.54, 1.807) is 0 Å². The predicted molar refractivity (Wildman–Crippen MR) is 82.6 cm³/mol. The Kier molecular flexibility index (Phi) is 5.68. The molecule has 1 fully saturated rings. The van der Waals surface area contributed by atoms with Crippen LogP contribution < -0.4 is 5.32 Å². The smallest absolute Gasteiger partial charge is 0.0406 e. The molecule has 1 aliphatic heterocycles. The summed E-state index contributed by atoms with van der Waals surface area (Å²) >= 11 is 5.95. The maximum Gasteiger partial charge on any atom is 0.0406 e. The molecule has 0 amide bonds. The molecule has 2 nitrogen and oxygen atoms in total. The molecule has 1 aromatic rings. The minimum atomic E-state index is 0.588. The van der Waals surface area contributed by atoms with E-state index in [9.17, 15) is 0 Å². The number of nitrogens with zero attached hydrogens (tertiary/aromatic N) is 1. The van der Waals surface area contributed by atoms with Gasteiger partial charge in [-0.1, -0.05) is 23.7 Å². The van der Waals surface area contributed by atoms with Crippen molar-refractivity contribution < 1.29 is 0 Å². The normalized spacial score (nSPS) is 17.3. The molecule has 1 aliphatic rings. The summed E-state index contributed by atoms with van der Waals surface area (Å²) in [6.45, 7) is 9.17. The van der Waals surface area contributed by atoms with E-state index < -0.39 is 0 Å². The molecular formula is C16H25ClN2. The van der Waals surface area contributed by atoms with Gasteiger partial charge < -0.3 is 5.32 Å². The van der Waals surface area contributed by atoms with E-state index >= 15 is 0 Å². The molecule has 19 heavy (non-hydrogen) atoms. The van der Waals surface area contributed by atoms with Gasteiger partial charge in [-0.05, 0) is 63.4 Å². The van der Waals surface area contributed by atoms with Gasteiger partial charge >= 0.3 is 0 Å². The van der Waals surface area contributed by atoms with Gasteiger partial charge in [-0.15, -0.1) is 0 Å². The average Bonchev–Trinajstić information content (AvgIpc) is 2.41. The Labute approximate surface area is 122 Å². The zero-order valence-electron chi connectivity index (χ0n) is 12.0. The van der Waals surface area contributed by atoms with Gasteiger partial charge in [0.1, 0.15) is 0 Å². The van der Waals surface area contributed by atoms with Crippen LogP contribution in [0.2, 0.25) is 5.02 Å². The van der Waals surface area contributed by atoms with Crippen LogP contribution in [0, 0.1) is 5.92 Å². The first-order valence-electron chi connectivity index (χ1n) is 7.34. The molecule has 0 unspecified atom stereocenters. The van der Waals surface area contributed by atoms with Crippen LogP contribution in [0.15, 0.2) is 24.3 Å². The molecular weight excluding hydrogens is 256 g/mol. The first-order valence-corrected chi connectivity index (χ1v) is 7.72. The molecule has 1 heterocycles. The highest BCUT2D eigenvalue weighted by atomic mass is 35.5. The highest BCUT2D eigenvalue weighted by Crippen LogP contribution is 2.18. The van der Waals surface area contributed by atoms with Gasteiger partial charge in [-0.2, -0.15) is 0 Å². The largest absolute Gasteiger partial charge is 0.317 e. The lowest BCUT2D eigenvalue weighted by molar-refractivity contribution is 0.162. The summed E-state index contributed by atoms with van der Waals surface area (Å²) in [7, 11) is 0. The summed E-state index contributed by atoms with van der Waals surface area (Å²) in [6.07, 6.45) is 2.62. The third kappa shape index (κ3) is 4.79. The van der Waals surface area contributed by atoms with E-state index in [1.807, 2.05) is 12.1 Å². The van der Waals surface area contributed by atoms with Crippen molar-refractivity contribution >= 4 is 11.6 Å². The second kappa shape index (κ2) is 7.28. The van der Waals surface area contributed by atoms with Crippen LogP contribution in [-0.4, -0.2) is 30.6 Å². The van der Waals surface area contributed by atoms with Gasteiger partial charge in [0.15, 0.2) is 0 Å². The maximum absolute atomic E-state index is 5.95. The highest BCUT2D eigenvalue weighted by molar-refractivity contribution is 6.30. The summed E-state index contributed by atoms with van der Waals surface area (Å²) in [6, 6.07) is 8.84. The number of nitrogens with one attached hydrogen (secondary N) is 1. The van der Waals surface area contributed by atoms with Crippen LogP contribution in [0.25, 0.3) is 0 Å². The lowest BCUT2D eigenvalue weighted by Crippen LogP contribution is -2.39. The standard InChI is InChI=1S/C16H25ClN2/c1-13(2)19(12-15-7-9-18-10-8-15)11-14-3-5-16(17)6-4-14/h3-6,13,15,18H,7-12H2,1-2H3. The maximum atomic E-state index is 5.95. The van der Waals surface area contributed by atoms with Crippen molar-refractivity contribution in [3.63, 3.8) is 0 Å². The van der Waals surface area contributed by atoms with Crippen molar-refractivity contribution in [2.24, 2.45) is 5.92 Å². The van der Waals surface area contributed by atoms with Gasteiger partial charge in [-0.3, -0.25) is 4.90 Å². The lowest BCUT2D eigenvalue weighted by Gasteiger charge is -2.32. The van der Waals surface area contributed by atoms with Crippen molar-refractivity contribution in [3.8, 4) is 0 Å². The highest BCUT2D eigenvalue weighted by Gasteiger charge is 2.18. The molecule has 3 heteroatoms. The summed E-state index contributed by atoms with van der Waals surface area (Å²) in [5.41, 5.74) is 1.35. The van der Waals surface area contributed by atoms with E-state index in [1.165, 1.54) is 38.0 Å². The molecule has 0 radical (unpaired) electrons. The Bertz CT molecular complexity index is 369. The minimum Gasteiger partial charge on any atom is -0.317 e. The van der Waals surface area contributed by atoms with E-state index in [2.05, 4.69) is 36.2 Å². The topological polar surface area (TPSA) is 15.3 Å². The van der Waals surface area contributed by atoms with Crippen LogP contribution in [-0.2, 0) is 6.54 Å². The molecule has 0 aromatic heterocycles. The van der Waals surface area contributed by atoms with Crippen LogP contribution in [0.4, 0.5) is 0 Å². The molecule has 1 aromatic carbocycles. The molecule has 0 aliphatic carbocycles. The van der Waals surface area contributed by atoms with Crippen molar-refractivity contribution in [1.82, 2.24) is 10.2 Å². The summed E-state index contributed by atoms with van der Waals surface area (Å²) in [4.78, 5) is 2.58. The third-order valence-electron chi connectivity index (χ3n) is 3.98. The molecule has 0 bridgehead atoms. The Morgan fingerprint density at radius 3 is 2.42 bits per heavy atom. The van der Waals surface area contributed by atoms with Crippen molar-refractivity contribution in [1.29, 1.82) is 0 Å².